The molecule has 0 radical (unpaired) electrons. The summed E-state index contributed by atoms with van der Waals surface area (Å²) in [4.78, 5) is 19.9. The Labute approximate surface area is 177 Å². The van der Waals surface area contributed by atoms with E-state index in [1.54, 1.807) is 0 Å². The van der Waals surface area contributed by atoms with E-state index in [0.717, 1.165) is 23.5 Å². The number of carbonyl (C=O) groups excluding carboxylic acids is 1. The van der Waals surface area contributed by atoms with E-state index < -0.39 is 29.5 Å². The molecule has 0 aliphatic rings. The van der Waals surface area contributed by atoms with Gasteiger partial charge in [-0.25, -0.2) is 9.37 Å². The highest BCUT2D eigenvalue weighted by Crippen LogP contribution is 2.33. The maximum Gasteiger partial charge on any atom is 0.419 e. The molecule has 0 saturated carbocycles. The van der Waals surface area contributed by atoms with Crippen molar-refractivity contribution in [1.29, 1.82) is 0 Å². The molecule has 0 aliphatic carbocycles. The van der Waals surface area contributed by atoms with Gasteiger partial charge in [0.25, 0.3) is 5.91 Å². The molecular formula is C19H18F4N4O3S. The van der Waals surface area contributed by atoms with Gasteiger partial charge in [-0.15, -0.1) is 11.3 Å². The van der Waals surface area contributed by atoms with Crippen LogP contribution in [-0.4, -0.2) is 32.6 Å². The largest absolute Gasteiger partial charge is 0.419 e. The summed E-state index contributed by atoms with van der Waals surface area (Å²) < 4.78 is 52.0. The number of hydrogen-bond acceptors (Lipinski definition) is 6. The normalized spacial score (nSPS) is 12.7. The molecule has 2 heterocycles. The topological polar surface area (TPSA) is 124 Å². The Morgan fingerprint density at radius 1 is 1.23 bits per heavy atom. The van der Waals surface area contributed by atoms with E-state index in [9.17, 15) is 32.6 Å². The first-order valence-corrected chi connectivity index (χ1v) is 9.76. The molecule has 7 nitrogen and oxygen atoms in total. The summed E-state index contributed by atoms with van der Waals surface area (Å²) in [6.45, 7) is -0.698. The zero-order valence-electron chi connectivity index (χ0n) is 15.8. The Morgan fingerprint density at radius 2 is 1.97 bits per heavy atom. The van der Waals surface area contributed by atoms with Crippen LogP contribution in [0, 0.1) is 5.82 Å². The van der Waals surface area contributed by atoms with E-state index in [-0.39, 0.29) is 36.7 Å². The number of carbonyl (C=O) groups is 1. The molecule has 1 aromatic carbocycles. The van der Waals surface area contributed by atoms with E-state index in [0.29, 0.717) is 21.6 Å². The Balaban J connectivity index is 1.78. The van der Waals surface area contributed by atoms with Crippen molar-refractivity contribution in [3.63, 3.8) is 0 Å². The molecule has 0 spiro atoms. The lowest BCUT2D eigenvalue weighted by atomic mass is 10.1. The first kappa shape index (κ1) is 22.9. The number of nitrogens with one attached hydrogen (secondary N) is 2. The molecule has 3 rings (SSSR count). The molecule has 0 fully saturated rings. The zero-order chi connectivity index (χ0) is 22.8. The number of rotatable bonds is 7. The number of thiazole rings is 1. The third-order valence-electron chi connectivity index (χ3n) is 4.44. The second kappa shape index (κ2) is 9.14. The summed E-state index contributed by atoms with van der Waals surface area (Å²) in [5, 5.41) is 21.7. The Kier molecular flexibility index (Phi) is 6.74. The predicted molar refractivity (Wildman–Crippen MR) is 104 cm³/mol. The Hall–Kier alpha value is -2.80. The van der Waals surface area contributed by atoms with E-state index in [1.165, 1.54) is 12.1 Å². The van der Waals surface area contributed by atoms with Crippen molar-refractivity contribution in [3.05, 3.63) is 63.0 Å². The smallest absolute Gasteiger partial charge is 0.391 e. The van der Waals surface area contributed by atoms with Crippen LogP contribution in [-0.2, 0) is 19.4 Å². The third-order valence-corrected chi connectivity index (χ3v) is 5.64. The van der Waals surface area contributed by atoms with Gasteiger partial charge in [-0.3, -0.25) is 4.79 Å². The molecule has 166 valence electrons. The highest BCUT2D eigenvalue weighted by molar-refractivity contribution is 7.11. The third kappa shape index (κ3) is 4.93. The van der Waals surface area contributed by atoms with Crippen LogP contribution in [0.3, 0.4) is 0 Å². The fourth-order valence-electron chi connectivity index (χ4n) is 2.87. The SMILES string of the molecule is NCC(NC(=O)c1ccc(-c2ccc(C(F)(F)F)c(F)c2)[nH]1)c1nc(CO)c(CO)s1. The number of aliphatic hydroxyl groups is 2. The van der Waals surface area contributed by atoms with Gasteiger partial charge in [0.1, 0.15) is 16.5 Å². The quantitative estimate of drug-likeness (QED) is 0.348. The molecule has 12 heteroatoms. The van der Waals surface area contributed by atoms with Crippen LogP contribution in [0.4, 0.5) is 17.6 Å². The number of halogens is 4. The molecule has 6 N–H and O–H groups in total. The van der Waals surface area contributed by atoms with Crippen molar-refractivity contribution in [2.75, 3.05) is 6.54 Å². The number of nitrogens with two attached hydrogens (primary N) is 1. The number of nitrogens with zero attached hydrogens (tertiary/aromatic N) is 1. The second-order valence-electron chi connectivity index (χ2n) is 6.48. The number of alkyl halides is 3. The molecule has 2 aromatic heterocycles. The van der Waals surface area contributed by atoms with Crippen LogP contribution in [0.2, 0.25) is 0 Å². The number of aromatic nitrogens is 2. The van der Waals surface area contributed by atoms with Gasteiger partial charge in [-0.2, -0.15) is 13.2 Å². The molecule has 1 amide bonds. The number of benzene rings is 1. The molecule has 0 saturated heterocycles. The van der Waals surface area contributed by atoms with E-state index >= 15 is 0 Å². The maximum absolute atomic E-state index is 13.8. The molecule has 0 bridgehead atoms. The standard InChI is InChI=1S/C19H18F4N4O3S/c20-11-5-9(1-2-10(11)19(21,22)23)12-3-4-13(25-12)17(30)26-14(6-24)18-27-15(7-28)16(8-29)31-18/h1-5,14,25,28-29H,6-8,24H2,(H,26,30). The minimum atomic E-state index is -4.80. The van der Waals surface area contributed by atoms with Crippen molar-refractivity contribution in [3.8, 4) is 11.3 Å². The number of aromatic amines is 1. The fraction of sp³-hybridized carbons (Fsp3) is 0.263. The Bertz CT molecular complexity index is 1060. The number of hydrogen-bond donors (Lipinski definition) is 5. The average Bonchev–Trinajstić information content (AvgIpc) is 3.38. The van der Waals surface area contributed by atoms with E-state index in [2.05, 4.69) is 15.3 Å². The van der Waals surface area contributed by atoms with Crippen molar-refractivity contribution < 1.29 is 32.6 Å². The number of aliphatic hydroxyl groups excluding tert-OH is 2. The van der Waals surface area contributed by atoms with Crippen LogP contribution >= 0.6 is 11.3 Å². The molecule has 3 aromatic rings. The maximum atomic E-state index is 13.8. The van der Waals surface area contributed by atoms with Crippen molar-refractivity contribution in [2.24, 2.45) is 5.73 Å². The molecule has 31 heavy (non-hydrogen) atoms. The minimum absolute atomic E-state index is 0.00727. The van der Waals surface area contributed by atoms with Crippen LogP contribution in [0.15, 0.2) is 30.3 Å². The number of H-pyrrole nitrogens is 1. The second-order valence-corrected chi connectivity index (χ2v) is 7.59. The average molecular weight is 458 g/mol. The highest BCUT2D eigenvalue weighted by Gasteiger charge is 2.34. The summed E-state index contributed by atoms with van der Waals surface area (Å²) in [6, 6.07) is 4.61. The lowest BCUT2D eigenvalue weighted by molar-refractivity contribution is -0.139. The van der Waals surface area contributed by atoms with Crippen LogP contribution in [0.1, 0.15) is 37.7 Å². The summed E-state index contributed by atoms with van der Waals surface area (Å²) in [5.41, 5.74) is 5.11. The summed E-state index contributed by atoms with van der Waals surface area (Å²) >= 11 is 1.10. The van der Waals surface area contributed by atoms with Crippen LogP contribution < -0.4 is 11.1 Å². The van der Waals surface area contributed by atoms with Crippen LogP contribution in [0.25, 0.3) is 11.3 Å². The first-order valence-electron chi connectivity index (χ1n) is 8.95. The first-order chi connectivity index (χ1) is 14.7. The van der Waals surface area contributed by atoms with Gasteiger partial charge in [0.05, 0.1) is 35.4 Å². The van der Waals surface area contributed by atoms with Gasteiger partial charge in [0.2, 0.25) is 0 Å². The summed E-state index contributed by atoms with van der Waals surface area (Å²) in [7, 11) is 0. The summed E-state index contributed by atoms with van der Waals surface area (Å²) in [5.74, 6) is -1.99. The minimum Gasteiger partial charge on any atom is -0.391 e. The molecule has 1 atom stereocenters. The van der Waals surface area contributed by atoms with Gasteiger partial charge in [0.15, 0.2) is 0 Å². The van der Waals surface area contributed by atoms with E-state index in [1.807, 2.05) is 0 Å². The van der Waals surface area contributed by atoms with Gasteiger partial charge in [-0.05, 0) is 24.3 Å². The van der Waals surface area contributed by atoms with Gasteiger partial charge < -0.3 is 26.2 Å². The predicted octanol–water partition coefficient (Wildman–Crippen LogP) is 2.71. The zero-order valence-corrected chi connectivity index (χ0v) is 16.6. The molecular weight excluding hydrogens is 440 g/mol. The number of amides is 1. The summed E-state index contributed by atoms with van der Waals surface area (Å²) in [6.07, 6.45) is -4.80. The van der Waals surface area contributed by atoms with Gasteiger partial charge in [-0.1, -0.05) is 6.07 Å². The van der Waals surface area contributed by atoms with Crippen LogP contribution in [0.5, 0.6) is 0 Å². The monoisotopic (exact) mass is 458 g/mol. The molecule has 1 unspecified atom stereocenters. The van der Waals surface area contributed by atoms with Gasteiger partial charge in [0, 0.05) is 17.8 Å². The molecule has 0 aliphatic heterocycles. The van der Waals surface area contributed by atoms with Crippen molar-refractivity contribution in [1.82, 2.24) is 15.3 Å². The highest BCUT2D eigenvalue weighted by atomic mass is 32.1. The van der Waals surface area contributed by atoms with E-state index in [4.69, 9.17) is 5.73 Å². The van der Waals surface area contributed by atoms with Crippen molar-refractivity contribution in [2.45, 2.75) is 25.4 Å². The fourth-order valence-corrected chi connectivity index (χ4v) is 3.86. The lowest BCUT2D eigenvalue weighted by Crippen LogP contribution is -2.33. The Morgan fingerprint density at radius 3 is 2.52 bits per heavy atom. The van der Waals surface area contributed by atoms with Crippen molar-refractivity contribution >= 4 is 17.2 Å². The lowest BCUT2D eigenvalue weighted by Gasteiger charge is -2.13. The van der Waals surface area contributed by atoms with Gasteiger partial charge >= 0.3 is 6.18 Å².